The van der Waals surface area contributed by atoms with E-state index in [-0.39, 0.29) is 19.0 Å². The number of benzene rings is 3. The summed E-state index contributed by atoms with van der Waals surface area (Å²) in [5.41, 5.74) is 2.21. The first-order valence-electron chi connectivity index (χ1n) is 12.3. The van der Waals surface area contributed by atoms with Crippen molar-refractivity contribution in [2.45, 2.75) is 31.3 Å². The van der Waals surface area contributed by atoms with Gasteiger partial charge in [-0.1, -0.05) is 66.7 Å². The molecule has 0 aromatic heterocycles. The van der Waals surface area contributed by atoms with Gasteiger partial charge in [0.1, 0.15) is 0 Å². The molecule has 37 heavy (non-hydrogen) atoms. The summed E-state index contributed by atoms with van der Waals surface area (Å²) < 4.78 is 4.83. The van der Waals surface area contributed by atoms with Gasteiger partial charge in [0, 0.05) is 30.6 Å². The second kappa shape index (κ2) is 10.3. The Balaban J connectivity index is 1.22. The van der Waals surface area contributed by atoms with Crippen molar-refractivity contribution in [2.75, 3.05) is 13.2 Å². The molecular weight excluding hydrogens is 470 g/mol. The van der Waals surface area contributed by atoms with E-state index in [1.807, 2.05) is 18.2 Å². The SMILES string of the molecule is O=C(NC/C=C1\CCOC1=O)C(=O)NCc1ccccc1C(=O)NC1(c2cccc3ccccc23)CC1. The predicted octanol–water partition coefficient (Wildman–Crippen LogP) is 2.86. The molecule has 0 bridgehead atoms. The molecule has 3 N–H and O–H groups in total. The molecule has 1 saturated carbocycles. The van der Waals surface area contributed by atoms with Gasteiger partial charge in [-0.15, -0.1) is 0 Å². The van der Waals surface area contributed by atoms with Gasteiger partial charge in [0.05, 0.1) is 12.1 Å². The first-order chi connectivity index (χ1) is 18.0. The van der Waals surface area contributed by atoms with Gasteiger partial charge in [0.2, 0.25) is 0 Å². The summed E-state index contributed by atoms with van der Waals surface area (Å²) in [6, 6.07) is 21.3. The molecule has 3 aromatic carbocycles. The van der Waals surface area contributed by atoms with Gasteiger partial charge in [-0.3, -0.25) is 14.4 Å². The Labute approximate surface area is 214 Å². The number of rotatable bonds is 7. The van der Waals surface area contributed by atoms with E-state index in [2.05, 4.69) is 40.2 Å². The number of hydrogen-bond acceptors (Lipinski definition) is 5. The number of carbonyl (C=O) groups is 4. The summed E-state index contributed by atoms with van der Waals surface area (Å²) in [5.74, 6) is -2.27. The molecule has 188 valence electrons. The molecule has 1 aliphatic heterocycles. The highest BCUT2D eigenvalue weighted by Crippen LogP contribution is 2.48. The second-order valence-electron chi connectivity index (χ2n) is 9.23. The molecule has 8 heteroatoms. The first kappa shape index (κ1) is 24.2. The molecule has 1 aliphatic carbocycles. The normalized spacial score (nSPS) is 16.8. The molecule has 5 rings (SSSR count). The van der Waals surface area contributed by atoms with E-state index in [4.69, 9.17) is 4.74 Å². The fourth-order valence-electron chi connectivity index (χ4n) is 4.65. The average molecular weight is 498 g/mol. The van der Waals surface area contributed by atoms with Crippen LogP contribution in [-0.4, -0.2) is 36.8 Å². The lowest BCUT2D eigenvalue weighted by Crippen LogP contribution is -2.40. The Kier molecular flexibility index (Phi) is 6.72. The van der Waals surface area contributed by atoms with Crippen LogP contribution in [0.3, 0.4) is 0 Å². The monoisotopic (exact) mass is 497 g/mol. The summed E-state index contributed by atoms with van der Waals surface area (Å²) in [6.07, 6.45) is 3.73. The fraction of sp³-hybridized carbons (Fsp3) is 0.241. The zero-order chi connectivity index (χ0) is 25.8. The molecule has 1 heterocycles. The number of hydrogen-bond donors (Lipinski definition) is 3. The maximum absolute atomic E-state index is 13.4. The molecule has 2 aliphatic rings. The molecule has 1 saturated heterocycles. The largest absolute Gasteiger partial charge is 0.462 e. The van der Waals surface area contributed by atoms with Gasteiger partial charge in [-0.2, -0.15) is 0 Å². The summed E-state index contributed by atoms with van der Waals surface area (Å²) >= 11 is 0. The van der Waals surface area contributed by atoms with Gasteiger partial charge in [0.25, 0.3) is 5.91 Å². The van der Waals surface area contributed by atoms with Crippen molar-refractivity contribution >= 4 is 34.5 Å². The molecule has 0 radical (unpaired) electrons. The van der Waals surface area contributed by atoms with Gasteiger partial charge in [-0.05, 0) is 40.8 Å². The quantitative estimate of drug-likeness (QED) is 0.264. The molecule has 3 aromatic rings. The third kappa shape index (κ3) is 5.23. The van der Waals surface area contributed by atoms with Crippen molar-refractivity contribution in [3.05, 3.63) is 95.1 Å². The number of cyclic esters (lactones) is 1. The van der Waals surface area contributed by atoms with E-state index in [0.717, 1.165) is 29.2 Å². The van der Waals surface area contributed by atoms with E-state index < -0.39 is 23.3 Å². The Hall–Kier alpha value is -4.46. The van der Waals surface area contributed by atoms with Crippen molar-refractivity contribution in [3.63, 3.8) is 0 Å². The van der Waals surface area contributed by atoms with Crippen molar-refractivity contribution in [2.24, 2.45) is 0 Å². The van der Waals surface area contributed by atoms with Crippen LogP contribution in [0.4, 0.5) is 0 Å². The van der Waals surface area contributed by atoms with Gasteiger partial charge in [-0.25, -0.2) is 4.79 Å². The van der Waals surface area contributed by atoms with E-state index >= 15 is 0 Å². The first-order valence-corrected chi connectivity index (χ1v) is 12.3. The zero-order valence-corrected chi connectivity index (χ0v) is 20.2. The van der Waals surface area contributed by atoms with Crippen LogP contribution in [0.15, 0.2) is 78.4 Å². The van der Waals surface area contributed by atoms with Crippen LogP contribution < -0.4 is 16.0 Å². The van der Waals surface area contributed by atoms with Crippen LogP contribution in [0, 0.1) is 0 Å². The van der Waals surface area contributed by atoms with Crippen molar-refractivity contribution in [3.8, 4) is 0 Å². The van der Waals surface area contributed by atoms with Crippen LogP contribution in [0.5, 0.6) is 0 Å². The summed E-state index contributed by atoms with van der Waals surface area (Å²) in [5, 5.41) is 10.5. The van der Waals surface area contributed by atoms with E-state index in [1.165, 1.54) is 0 Å². The summed E-state index contributed by atoms with van der Waals surface area (Å²) in [7, 11) is 0. The lowest BCUT2D eigenvalue weighted by atomic mass is 9.96. The highest BCUT2D eigenvalue weighted by atomic mass is 16.5. The highest BCUT2D eigenvalue weighted by molar-refractivity contribution is 6.35. The minimum absolute atomic E-state index is 0.0184. The minimum atomic E-state index is -0.822. The van der Waals surface area contributed by atoms with Gasteiger partial charge >= 0.3 is 17.8 Å². The second-order valence-corrected chi connectivity index (χ2v) is 9.23. The smallest absolute Gasteiger partial charge is 0.333 e. The number of esters is 1. The lowest BCUT2D eigenvalue weighted by Gasteiger charge is -2.21. The molecule has 0 atom stereocenters. The molecule has 2 fully saturated rings. The number of nitrogens with one attached hydrogen (secondary N) is 3. The predicted molar refractivity (Wildman–Crippen MR) is 137 cm³/mol. The average Bonchev–Trinajstić information content (AvgIpc) is 3.59. The van der Waals surface area contributed by atoms with Crippen LogP contribution in [0.1, 0.15) is 40.7 Å². The maximum atomic E-state index is 13.4. The molecule has 0 spiro atoms. The molecule has 8 nitrogen and oxygen atoms in total. The molecular formula is C29H27N3O5. The van der Waals surface area contributed by atoms with Crippen molar-refractivity contribution < 1.29 is 23.9 Å². The van der Waals surface area contributed by atoms with E-state index in [0.29, 0.717) is 29.7 Å². The summed E-state index contributed by atoms with van der Waals surface area (Å²) in [6.45, 7) is 0.394. The van der Waals surface area contributed by atoms with Crippen LogP contribution >= 0.6 is 0 Å². The van der Waals surface area contributed by atoms with E-state index in [1.54, 1.807) is 30.3 Å². The maximum Gasteiger partial charge on any atom is 0.333 e. The topological polar surface area (TPSA) is 114 Å². The minimum Gasteiger partial charge on any atom is -0.462 e. The summed E-state index contributed by atoms with van der Waals surface area (Å²) in [4.78, 5) is 49.3. The number of ether oxygens (including phenoxy) is 1. The van der Waals surface area contributed by atoms with E-state index in [9.17, 15) is 19.2 Å². The van der Waals surface area contributed by atoms with Crippen LogP contribution in [0.2, 0.25) is 0 Å². The number of fused-ring (bicyclic) bond motifs is 1. The fourth-order valence-corrected chi connectivity index (χ4v) is 4.65. The van der Waals surface area contributed by atoms with Crippen LogP contribution in [0.25, 0.3) is 10.8 Å². The Morgan fingerprint density at radius 1 is 0.892 bits per heavy atom. The third-order valence-corrected chi connectivity index (χ3v) is 6.79. The van der Waals surface area contributed by atoms with Crippen molar-refractivity contribution in [1.82, 2.24) is 16.0 Å². The number of carbonyl (C=O) groups excluding carboxylic acids is 4. The van der Waals surface area contributed by atoms with Gasteiger partial charge < -0.3 is 20.7 Å². The Morgan fingerprint density at radius 3 is 2.41 bits per heavy atom. The lowest BCUT2D eigenvalue weighted by molar-refractivity contribution is -0.139. The molecule has 0 unspecified atom stereocenters. The number of amides is 3. The Bertz CT molecular complexity index is 1420. The molecule has 3 amide bonds. The van der Waals surface area contributed by atoms with Crippen LogP contribution in [-0.2, 0) is 31.2 Å². The standard InChI is InChI=1S/C29H27N3O5/c33-25(32-29(14-15-29)24-11-5-8-19-6-1-3-9-22(19)24)23-10-4-2-7-21(23)18-31-27(35)26(34)30-16-12-20-13-17-37-28(20)36/h1-12H,13-18H2,(H,30,34)(H,31,35)(H,32,33)/b20-12+. The van der Waals surface area contributed by atoms with Crippen molar-refractivity contribution in [1.29, 1.82) is 0 Å². The highest BCUT2D eigenvalue weighted by Gasteiger charge is 2.46. The Morgan fingerprint density at radius 2 is 1.62 bits per heavy atom. The van der Waals surface area contributed by atoms with Gasteiger partial charge in [0.15, 0.2) is 0 Å². The third-order valence-electron chi connectivity index (χ3n) is 6.79. The zero-order valence-electron chi connectivity index (χ0n) is 20.2.